The van der Waals surface area contributed by atoms with Crippen molar-refractivity contribution in [1.82, 2.24) is 0 Å². The van der Waals surface area contributed by atoms with Gasteiger partial charge in [0.15, 0.2) is 12.1 Å². The van der Waals surface area contributed by atoms with E-state index in [4.69, 9.17) is 9.47 Å². The first kappa shape index (κ1) is 17.7. The van der Waals surface area contributed by atoms with Gasteiger partial charge in [-0.3, -0.25) is 9.59 Å². The van der Waals surface area contributed by atoms with Crippen LogP contribution in [0.3, 0.4) is 0 Å². The molecule has 29 heavy (non-hydrogen) atoms. The maximum Gasteiger partial charge on any atom is 0.263 e. The fourth-order valence-electron chi connectivity index (χ4n) is 4.25. The van der Waals surface area contributed by atoms with Crippen LogP contribution in [0, 0.1) is 0 Å². The molecule has 8 nitrogen and oxygen atoms in total. The standard InChI is InChI=1S/C21H20N4O4/c1-28-16-9-15(10-17(11-16)29-2)25-19-18(22-23-25)20(26)24(21(19)27)14-7-6-12-4-3-5-13(12)8-14/h6-11,18-19H,3-5H2,1-2H3/t18-,19-/m1/s1. The molecule has 1 saturated heterocycles. The van der Waals surface area contributed by atoms with E-state index in [1.165, 1.54) is 21.0 Å². The molecule has 0 N–H and O–H groups in total. The lowest BCUT2D eigenvalue weighted by Gasteiger charge is -2.21. The average Bonchev–Trinajstić information content (AvgIpc) is 3.44. The number of carbonyl (C=O) groups excluding carboxylic acids is 2. The Morgan fingerprint density at radius 1 is 0.897 bits per heavy atom. The van der Waals surface area contributed by atoms with Gasteiger partial charge in [0.25, 0.3) is 11.8 Å². The molecular formula is C21H20N4O4. The molecule has 2 aromatic rings. The highest BCUT2D eigenvalue weighted by molar-refractivity contribution is 6.26. The van der Waals surface area contributed by atoms with Gasteiger partial charge >= 0.3 is 0 Å². The SMILES string of the molecule is COc1cc(OC)cc(N2N=N[C@H]3C(=O)N(c4ccc5c(c4)CCC5)C(=O)[C@@H]32)c1. The summed E-state index contributed by atoms with van der Waals surface area (Å²) in [7, 11) is 3.10. The van der Waals surface area contributed by atoms with Crippen LogP contribution in [0.2, 0.25) is 0 Å². The Bertz CT molecular complexity index is 1030. The van der Waals surface area contributed by atoms with E-state index in [2.05, 4.69) is 10.3 Å². The fraction of sp³-hybridized carbons (Fsp3) is 0.333. The number of hydrogen-bond donors (Lipinski definition) is 0. The largest absolute Gasteiger partial charge is 0.497 e. The highest BCUT2D eigenvalue weighted by atomic mass is 16.5. The first-order valence-corrected chi connectivity index (χ1v) is 9.53. The average molecular weight is 392 g/mol. The third-order valence-corrected chi connectivity index (χ3v) is 5.72. The predicted molar refractivity (Wildman–Crippen MR) is 105 cm³/mol. The number of ether oxygens (including phenoxy) is 2. The molecule has 8 heteroatoms. The van der Waals surface area contributed by atoms with Crippen molar-refractivity contribution in [2.24, 2.45) is 10.3 Å². The highest BCUT2D eigenvalue weighted by Gasteiger charge is 2.55. The molecule has 148 valence electrons. The van der Waals surface area contributed by atoms with Crippen molar-refractivity contribution in [2.45, 2.75) is 31.3 Å². The van der Waals surface area contributed by atoms with Gasteiger partial charge in [-0.1, -0.05) is 11.3 Å². The predicted octanol–water partition coefficient (Wildman–Crippen LogP) is 2.69. The van der Waals surface area contributed by atoms with E-state index in [0.717, 1.165) is 19.3 Å². The number of amides is 2. The third-order valence-electron chi connectivity index (χ3n) is 5.72. The van der Waals surface area contributed by atoms with Gasteiger partial charge < -0.3 is 9.47 Å². The van der Waals surface area contributed by atoms with Crippen LogP contribution in [-0.4, -0.2) is 38.1 Å². The van der Waals surface area contributed by atoms with Crippen LogP contribution < -0.4 is 19.4 Å². The number of carbonyl (C=O) groups is 2. The van der Waals surface area contributed by atoms with E-state index in [0.29, 0.717) is 22.9 Å². The topological polar surface area (TPSA) is 83.8 Å². The number of fused-ring (bicyclic) bond motifs is 2. The molecule has 2 atom stereocenters. The van der Waals surface area contributed by atoms with Crippen LogP contribution in [0.1, 0.15) is 17.5 Å². The van der Waals surface area contributed by atoms with Crippen LogP contribution in [0.25, 0.3) is 0 Å². The molecule has 0 bridgehead atoms. The summed E-state index contributed by atoms with van der Waals surface area (Å²) < 4.78 is 10.6. The zero-order chi connectivity index (χ0) is 20.1. The zero-order valence-electron chi connectivity index (χ0n) is 16.2. The van der Waals surface area contributed by atoms with E-state index >= 15 is 0 Å². The maximum absolute atomic E-state index is 13.3. The molecule has 0 spiro atoms. The summed E-state index contributed by atoms with van der Waals surface area (Å²) in [4.78, 5) is 27.5. The Morgan fingerprint density at radius 2 is 1.62 bits per heavy atom. The smallest absolute Gasteiger partial charge is 0.263 e. The van der Waals surface area contributed by atoms with Crippen molar-refractivity contribution in [2.75, 3.05) is 24.1 Å². The first-order valence-electron chi connectivity index (χ1n) is 9.53. The molecule has 0 saturated carbocycles. The molecule has 0 radical (unpaired) electrons. The Hall–Kier alpha value is -3.42. The van der Waals surface area contributed by atoms with Crippen molar-refractivity contribution in [1.29, 1.82) is 0 Å². The number of methoxy groups -OCH3 is 2. The molecule has 2 aliphatic heterocycles. The third kappa shape index (κ3) is 2.66. The molecule has 0 aromatic heterocycles. The molecular weight excluding hydrogens is 372 g/mol. The molecule has 2 amide bonds. The summed E-state index contributed by atoms with van der Waals surface area (Å²) >= 11 is 0. The quantitative estimate of drug-likeness (QED) is 0.747. The van der Waals surface area contributed by atoms with Crippen molar-refractivity contribution in [3.8, 4) is 11.5 Å². The Morgan fingerprint density at radius 3 is 2.34 bits per heavy atom. The molecule has 0 unspecified atom stereocenters. The second-order valence-electron chi connectivity index (χ2n) is 7.33. The number of hydrogen-bond acceptors (Lipinski definition) is 7. The minimum Gasteiger partial charge on any atom is -0.497 e. The van der Waals surface area contributed by atoms with E-state index < -0.39 is 12.1 Å². The van der Waals surface area contributed by atoms with Crippen molar-refractivity contribution in [3.63, 3.8) is 0 Å². The van der Waals surface area contributed by atoms with Crippen molar-refractivity contribution < 1.29 is 19.1 Å². The van der Waals surface area contributed by atoms with Gasteiger partial charge in [-0.2, -0.15) is 5.11 Å². The summed E-state index contributed by atoms with van der Waals surface area (Å²) in [6.45, 7) is 0. The van der Waals surface area contributed by atoms with Gasteiger partial charge in [0.05, 0.1) is 25.6 Å². The zero-order valence-corrected chi connectivity index (χ0v) is 16.2. The molecule has 2 heterocycles. The fourth-order valence-corrected chi connectivity index (χ4v) is 4.25. The van der Waals surface area contributed by atoms with E-state index in [1.54, 1.807) is 32.4 Å². The van der Waals surface area contributed by atoms with Crippen LogP contribution in [0.15, 0.2) is 46.7 Å². The van der Waals surface area contributed by atoms with Gasteiger partial charge in [-0.25, -0.2) is 9.91 Å². The van der Waals surface area contributed by atoms with Crippen molar-refractivity contribution >= 4 is 23.2 Å². The van der Waals surface area contributed by atoms with Crippen molar-refractivity contribution in [3.05, 3.63) is 47.5 Å². The van der Waals surface area contributed by atoms with Gasteiger partial charge in [0.2, 0.25) is 0 Å². The second kappa shape index (κ2) is 6.58. The summed E-state index contributed by atoms with van der Waals surface area (Å²) in [5.41, 5.74) is 3.68. The lowest BCUT2D eigenvalue weighted by atomic mass is 10.1. The van der Waals surface area contributed by atoms with Crippen LogP contribution >= 0.6 is 0 Å². The minimum absolute atomic E-state index is 0.329. The van der Waals surface area contributed by atoms with E-state index in [1.807, 2.05) is 18.2 Å². The Balaban J connectivity index is 1.50. The highest BCUT2D eigenvalue weighted by Crippen LogP contribution is 2.38. The van der Waals surface area contributed by atoms with Gasteiger partial charge in [0.1, 0.15) is 11.5 Å². The summed E-state index contributed by atoms with van der Waals surface area (Å²) in [5, 5.41) is 9.69. The molecule has 5 rings (SSSR count). The summed E-state index contributed by atoms with van der Waals surface area (Å²) in [6.07, 6.45) is 3.12. The lowest BCUT2D eigenvalue weighted by molar-refractivity contribution is -0.121. The second-order valence-corrected chi connectivity index (χ2v) is 7.33. The van der Waals surface area contributed by atoms with Gasteiger partial charge in [-0.15, -0.1) is 0 Å². The molecule has 3 aliphatic rings. The molecule has 1 fully saturated rings. The number of nitrogens with zero attached hydrogens (tertiary/aromatic N) is 4. The Labute approximate surface area is 167 Å². The van der Waals surface area contributed by atoms with E-state index in [-0.39, 0.29) is 11.8 Å². The number of imide groups is 1. The number of benzene rings is 2. The Kier molecular flexibility index (Phi) is 4.01. The number of rotatable bonds is 4. The number of aryl methyl sites for hydroxylation is 2. The summed E-state index contributed by atoms with van der Waals surface area (Å²) in [6, 6.07) is 9.34. The van der Waals surface area contributed by atoms with Gasteiger partial charge in [-0.05, 0) is 42.5 Å². The monoisotopic (exact) mass is 392 g/mol. The summed E-state index contributed by atoms with van der Waals surface area (Å²) in [5.74, 6) is 0.444. The lowest BCUT2D eigenvalue weighted by Crippen LogP contribution is -2.40. The first-order chi connectivity index (χ1) is 14.1. The maximum atomic E-state index is 13.3. The van der Waals surface area contributed by atoms with Crippen LogP contribution in [0.5, 0.6) is 11.5 Å². The minimum atomic E-state index is -0.854. The van der Waals surface area contributed by atoms with Gasteiger partial charge in [0, 0.05) is 18.2 Å². The normalized spacial score (nSPS) is 22.3. The molecule has 1 aliphatic carbocycles. The molecule has 2 aromatic carbocycles. The number of anilines is 2. The van der Waals surface area contributed by atoms with Crippen LogP contribution in [-0.2, 0) is 22.4 Å². The van der Waals surface area contributed by atoms with E-state index in [9.17, 15) is 9.59 Å². The van der Waals surface area contributed by atoms with Crippen LogP contribution in [0.4, 0.5) is 11.4 Å².